The number of hydrogen-bond donors (Lipinski definition) is 1. The number of aromatic nitrogens is 2. The minimum atomic E-state index is 0.854. The first-order valence-electron chi connectivity index (χ1n) is 6.35. The van der Waals surface area contributed by atoms with Gasteiger partial charge in [-0.25, -0.2) is 9.97 Å². The molecule has 2 heterocycles. The molecule has 4 rings (SSSR count). The molecule has 0 unspecified atom stereocenters. The van der Waals surface area contributed by atoms with Gasteiger partial charge in [0.25, 0.3) is 0 Å². The van der Waals surface area contributed by atoms with Gasteiger partial charge in [-0.1, -0.05) is 36.4 Å². The molecule has 0 saturated heterocycles. The second-order valence-corrected chi connectivity index (χ2v) is 5.41. The van der Waals surface area contributed by atoms with E-state index in [4.69, 9.17) is 0 Å². The average molecular weight is 277 g/mol. The van der Waals surface area contributed by atoms with Crippen LogP contribution in [-0.2, 0) is 0 Å². The van der Waals surface area contributed by atoms with Crippen molar-refractivity contribution in [2.45, 2.75) is 0 Å². The Morgan fingerprint density at radius 3 is 2.75 bits per heavy atom. The first-order chi connectivity index (χ1) is 9.92. The Morgan fingerprint density at radius 2 is 1.75 bits per heavy atom. The Morgan fingerprint density at radius 1 is 0.850 bits per heavy atom. The number of nitrogens with one attached hydrogen (secondary N) is 1. The summed E-state index contributed by atoms with van der Waals surface area (Å²) in [6.07, 6.45) is 1.60. The highest BCUT2D eigenvalue weighted by Crippen LogP contribution is 2.29. The maximum absolute atomic E-state index is 4.37. The molecule has 4 heteroatoms. The first-order valence-corrected chi connectivity index (χ1v) is 7.23. The van der Waals surface area contributed by atoms with E-state index >= 15 is 0 Å². The van der Waals surface area contributed by atoms with E-state index in [-0.39, 0.29) is 0 Å². The number of rotatable bonds is 2. The van der Waals surface area contributed by atoms with Gasteiger partial charge in [0.15, 0.2) is 0 Å². The highest BCUT2D eigenvalue weighted by molar-refractivity contribution is 7.16. The monoisotopic (exact) mass is 277 g/mol. The summed E-state index contributed by atoms with van der Waals surface area (Å²) in [4.78, 5) is 9.64. The average Bonchev–Trinajstić information content (AvgIpc) is 2.97. The molecule has 3 nitrogen and oxygen atoms in total. The Hall–Kier alpha value is -2.46. The van der Waals surface area contributed by atoms with E-state index in [1.54, 1.807) is 17.7 Å². The topological polar surface area (TPSA) is 37.8 Å². The molecule has 0 amide bonds. The predicted molar refractivity (Wildman–Crippen MR) is 84.6 cm³/mol. The third-order valence-corrected chi connectivity index (χ3v) is 4.13. The number of nitrogens with zero attached hydrogens (tertiary/aromatic N) is 2. The standard InChI is InChI=1S/C16H11N3S/c1-2-6-12-11(4-1)5-3-7-14(12)19-15-13-8-9-20-16(13)18-10-17-15/h1-10H,(H,17,18,19). The molecule has 0 aliphatic heterocycles. The van der Waals surface area contributed by atoms with E-state index in [0.29, 0.717) is 0 Å². The summed E-state index contributed by atoms with van der Waals surface area (Å²) in [5.41, 5.74) is 1.06. The Balaban J connectivity index is 1.87. The number of fused-ring (bicyclic) bond motifs is 2. The fraction of sp³-hybridized carbons (Fsp3) is 0. The molecule has 2 aromatic carbocycles. The molecular formula is C16H11N3S. The van der Waals surface area contributed by atoms with Gasteiger partial charge in [-0.15, -0.1) is 11.3 Å². The lowest BCUT2D eigenvalue weighted by Crippen LogP contribution is -1.95. The van der Waals surface area contributed by atoms with Crippen molar-refractivity contribution in [1.82, 2.24) is 9.97 Å². The number of hydrogen-bond acceptors (Lipinski definition) is 4. The Bertz CT molecular complexity index is 893. The molecule has 0 spiro atoms. The number of benzene rings is 2. The molecule has 0 aliphatic rings. The third-order valence-electron chi connectivity index (χ3n) is 3.30. The van der Waals surface area contributed by atoms with E-state index in [1.165, 1.54) is 10.8 Å². The van der Waals surface area contributed by atoms with E-state index in [0.717, 1.165) is 21.7 Å². The van der Waals surface area contributed by atoms with Gasteiger partial charge in [-0.2, -0.15) is 0 Å². The van der Waals surface area contributed by atoms with Crippen LogP contribution < -0.4 is 5.32 Å². The van der Waals surface area contributed by atoms with Crippen molar-refractivity contribution in [1.29, 1.82) is 0 Å². The van der Waals surface area contributed by atoms with Crippen LogP contribution in [0.1, 0.15) is 0 Å². The van der Waals surface area contributed by atoms with E-state index in [9.17, 15) is 0 Å². The maximum Gasteiger partial charge on any atom is 0.142 e. The SMILES string of the molecule is c1ccc2c(Nc3ncnc4sccc34)cccc2c1. The smallest absolute Gasteiger partial charge is 0.142 e. The van der Waals surface area contributed by atoms with Crippen LogP contribution in [0.4, 0.5) is 11.5 Å². The van der Waals surface area contributed by atoms with Gasteiger partial charge in [0.1, 0.15) is 17.0 Å². The summed E-state index contributed by atoms with van der Waals surface area (Å²) in [5.74, 6) is 0.854. The third kappa shape index (κ3) is 1.82. The minimum absolute atomic E-state index is 0.854. The molecular weight excluding hydrogens is 266 g/mol. The zero-order chi connectivity index (χ0) is 13.4. The number of anilines is 2. The van der Waals surface area contributed by atoms with Gasteiger partial charge in [-0.05, 0) is 22.9 Å². The quantitative estimate of drug-likeness (QED) is 0.582. The van der Waals surface area contributed by atoms with E-state index in [2.05, 4.69) is 45.6 Å². The van der Waals surface area contributed by atoms with Crippen molar-refractivity contribution in [3.05, 3.63) is 60.2 Å². The lowest BCUT2D eigenvalue weighted by molar-refractivity contribution is 1.23. The van der Waals surface area contributed by atoms with Gasteiger partial charge in [0, 0.05) is 11.1 Å². The number of thiophene rings is 1. The van der Waals surface area contributed by atoms with Crippen molar-refractivity contribution >= 4 is 43.8 Å². The molecule has 4 aromatic rings. The molecule has 1 N–H and O–H groups in total. The molecule has 0 aliphatic carbocycles. The van der Waals surface area contributed by atoms with Crippen molar-refractivity contribution < 1.29 is 0 Å². The van der Waals surface area contributed by atoms with Crippen molar-refractivity contribution in [3.63, 3.8) is 0 Å². The van der Waals surface area contributed by atoms with Gasteiger partial charge in [-0.3, -0.25) is 0 Å². The minimum Gasteiger partial charge on any atom is -0.339 e. The van der Waals surface area contributed by atoms with Crippen LogP contribution in [-0.4, -0.2) is 9.97 Å². The molecule has 0 atom stereocenters. The van der Waals surface area contributed by atoms with Gasteiger partial charge < -0.3 is 5.32 Å². The van der Waals surface area contributed by atoms with Gasteiger partial charge >= 0.3 is 0 Å². The van der Waals surface area contributed by atoms with Gasteiger partial charge in [0.05, 0.1) is 5.39 Å². The zero-order valence-electron chi connectivity index (χ0n) is 10.6. The lowest BCUT2D eigenvalue weighted by Gasteiger charge is -2.09. The summed E-state index contributed by atoms with van der Waals surface area (Å²) in [7, 11) is 0. The van der Waals surface area contributed by atoms with E-state index in [1.807, 2.05) is 23.6 Å². The van der Waals surface area contributed by atoms with Crippen LogP contribution in [0.3, 0.4) is 0 Å². The molecule has 0 bridgehead atoms. The molecule has 20 heavy (non-hydrogen) atoms. The fourth-order valence-electron chi connectivity index (χ4n) is 2.35. The highest BCUT2D eigenvalue weighted by Gasteiger charge is 2.06. The normalized spacial score (nSPS) is 11.0. The molecule has 0 radical (unpaired) electrons. The van der Waals surface area contributed by atoms with Crippen LogP contribution in [0.5, 0.6) is 0 Å². The molecule has 0 fully saturated rings. The second kappa shape index (κ2) is 4.58. The molecule has 2 aromatic heterocycles. The van der Waals surface area contributed by atoms with Gasteiger partial charge in [0.2, 0.25) is 0 Å². The second-order valence-electron chi connectivity index (χ2n) is 4.51. The molecule has 0 saturated carbocycles. The Kier molecular flexibility index (Phi) is 2.60. The van der Waals surface area contributed by atoms with Crippen molar-refractivity contribution in [2.24, 2.45) is 0 Å². The van der Waals surface area contributed by atoms with Crippen molar-refractivity contribution in [2.75, 3.05) is 5.32 Å². The Labute approximate surface area is 119 Å². The summed E-state index contributed by atoms with van der Waals surface area (Å²) in [6, 6.07) is 16.6. The summed E-state index contributed by atoms with van der Waals surface area (Å²) >= 11 is 1.62. The summed E-state index contributed by atoms with van der Waals surface area (Å²) in [6.45, 7) is 0. The van der Waals surface area contributed by atoms with Crippen LogP contribution >= 0.6 is 11.3 Å². The summed E-state index contributed by atoms with van der Waals surface area (Å²) < 4.78 is 0. The lowest BCUT2D eigenvalue weighted by atomic mass is 10.1. The van der Waals surface area contributed by atoms with Crippen LogP contribution in [0.2, 0.25) is 0 Å². The fourth-order valence-corrected chi connectivity index (χ4v) is 3.08. The molecule has 96 valence electrons. The van der Waals surface area contributed by atoms with Crippen molar-refractivity contribution in [3.8, 4) is 0 Å². The van der Waals surface area contributed by atoms with Crippen LogP contribution in [0, 0.1) is 0 Å². The predicted octanol–water partition coefficient (Wildman–Crippen LogP) is 4.59. The van der Waals surface area contributed by atoms with E-state index < -0.39 is 0 Å². The van der Waals surface area contributed by atoms with Crippen LogP contribution in [0.15, 0.2) is 60.2 Å². The first kappa shape index (κ1) is 11.4. The largest absolute Gasteiger partial charge is 0.339 e. The van der Waals surface area contributed by atoms with Crippen LogP contribution in [0.25, 0.3) is 21.0 Å². The maximum atomic E-state index is 4.37. The summed E-state index contributed by atoms with van der Waals surface area (Å²) in [5, 5.41) is 8.94. The zero-order valence-corrected chi connectivity index (χ0v) is 11.4. The highest BCUT2D eigenvalue weighted by atomic mass is 32.1.